The molecule has 1 saturated carbocycles. The number of piperidine rings is 1. The van der Waals surface area contributed by atoms with Crippen molar-refractivity contribution in [1.29, 1.82) is 0 Å². The van der Waals surface area contributed by atoms with Gasteiger partial charge >= 0.3 is 5.97 Å². The van der Waals surface area contributed by atoms with Crippen molar-refractivity contribution in [2.24, 2.45) is 29.6 Å². The fraction of sp³-hybridized carbons (Fsp3) is 0.605. The Morgan fingerprint density at radius 2 is 1.71 bits per heavy atom. The van der Waals surface area contributed by atoms with E-state index in [1.807, 2.05) is 24.3 Å². The van der Waals surface area contributed by atoms with Crippen LogP contribution in [0.4, 0.5) is 0 Å². The molecule has 0 bridgehead atoms. The summed E-state index contributed by atoms with van der Waals surface area (Å²) in [7, 11) is 0. The number of benzene rings is 1. The Bertz CT molecular complexity index is 1350. The van der Waals surface area contributed by atoms with Crippen LogP contribution in [0.2, 0.25) is 0 Å². The summed E-state index contributed by atoms with van der Waals surface area (Å²) < 4.78 is 0. The summed E-state index contributed by atoms with van der Waals surface area (Å²) in [4.78, 5) is 61.6. The zero-order valence-electron chi connectivity index (χ0n) is 29.1. The average Bonchev–Trinajstić information content (AvgIpc) is 3.62. The number of aliphatic carboxylic acids is 1. The Morgan fingerprint density at radius 3 is 2.31 bits per heavy atom. The summed E-state index contributed by atoms with van der Waals surface area (Å²) >= 11 is 0. The minimum Gasteiger partial charge on any atom is -0.481 e. The van der Waals surface area contributed by atoms with Gasteiger partial charge in [0.15, 0.2) is 0 Å². The Labute approximate surface area is 290 Å². The quantitative estimate of drug-likeness (QED) is 0.123. The molecule has 11 heteroatoms. The highest BCUT2D eigenvalue weighted by Crippen LogP contribution is 2.30. The Kier molecular flexibility index (Phi) is 14.4. The number of rotatable bonds is 17. The van der Waals surface area contributed by atoms with Crippen molar-refractivity contribution in [2.45, 2.75) is 103 Å². The number of carboxylic acids is 1. The normalized spacial score (nSPS) is 19.0. The largest absolute Gasteiger partial charge is 0.481 e. The van der Waals surface area contributed by atoms with E-state index in [9.17, 15) is 29.4 Å². The lowest BCUT2D eigenvalue weighted by Crippen LogP contribution is -2.55. The monoisotopic (exact) mass is 677 g/mol. The number of aromatic amines is 1. The first-order valence-electron chi connectivity index (χ1n) is 18.0. The number of aromatic nitrogens is 2. The van der Waals surface area contributed by atoms with Crippen molar-refractivity contribution in [3.05, 3.63) is 66.8 Å². The SMILES string of the molecule is C=C[C@@H](C[C@@H](O)[C@H](CC1CCCCC1)NC(=O)[C@H](Cc1c[nH]cn1)NC(=O)C1CCN(C(=O)C(Cc2ccccc2)C(=O)O)CC1)C(C)C. The molecule has 268 valence electrons. The fourth-order valence-corrected chi connectivity index (χ4v) is 7.28. The number of hydrogen-bond donors (Lipinski definition) is 5. The Morgan fingerprint density at radius 1 is 1.02 bits per heavy atom. The van der Waals surface area contributed by atoms with Crippen LogP contribution in [0.25, 0.3) is 0 Å². The van der Waals surface area contributed by atoms with Gasteiger partial charge in [-0.2, -0.15) is 0 Å². The number of likely N-dealkylation sites (tertiary alicyclic amines) is 1. The second-order valence-corrected chi connectivity index (χ2v) is 14.3. The molecule has 2 aliphatic rings. The number of aliphatic hydroxyl groups excluding tert-OH is 1. The lowest BCUT2D eigenvalue weighted by molar-refractivity contribution is -0.152. The topological polar surface area (TPSA) is 165 Å². The van der Waals surface area contributed by atoms with Gasteiger partial charge < -0.3 is 30.7 Å². The van der Waals surface area contributed by atoms with Crippen molar-refractivity contribution in [1.82, 2.24) is 25.5 Å². The molecule has 2 fully saturated rings. The molecule has 1 unspecified atom stereocenters. The average molecular weight is 678 g/mol. The van der Waals surface area contributed by atoms with Gasteiger partial charge in [-0.1, -0.05) is 82.4 Å². The summed E-state index contributed by atoms with van der Waals surface area (Å²) in [6, 6.07) is 7.68. The summed E-state index contributed by atoms with van der Waals surface area (Å²) in [5, 5.41) is 27.4. The molecule has 11 nitrogen and oxygen atoms in total. The van der Waals surface area contributed by atoms with Crippen LogP contribution in [-0.4, -0.2) is 80.0 Å². The molecule has 0 radical (unpaired) electrons. The number of allylic oxidation sites excluding steroid dienone is 1. The Hall–Kier alpha value is -3.99. The van der Waals surface area contributed by atoms with Crippen LogP contribution in [0, 0.1) is 29.6 Å². The molecule has 5 atom stereocenters. The summed E-state index contributed by atoms with van der Waals surface area (Å²) in [5.74, 6) is -3.12. The minimum atomic E-state index is -1.20. The smallest absolute Gasteiger partial charge is 0.316 e. The van der Waals surface area contributed by atoms with Crippen LogP contribution in [0.1, 0.15) is 82.9 Å². The number of hydrogen-bond acceptors (Lipinski definition) is 6. The van der Waals surface area contributed by atoms with E-state index in [1.165, 1.54) is 17.6 Å². The highest BCUT2D eigenvalue weighted by atomic mass is 16.4. The number of carboxylic acid groups (broad SMARTS) is 1. The molecular weight excluding hydrogens is 622 g/mol. The summed E-state index contributed by atoms with van der Waals surface area (Å²) in [6.45, 7) is 8.66. The van der Waals surface area contributed by atoms with E-state index < -0.39 is 41.9 Å². The van der Waals surface area contributed by atoms with E-state index in [4.69, 9.17) is 0 Å². The minimum absolute atomic E-state index is 0.0988. The number of imidazole rings is 1. The van der Waals surface area contributed by atoms with Gasteiger partial charge in [0.2, 0.25) is 17.7 Å². The third kappa shape index (κ3) is 11.3. The molecule has 5 N–H and O–H groups in total. The number of carbonyl (C=O) groups excluding carboxylic acids is 3. The lowest BCUT2D eigenvalue weighted by Gasteiger charge is -2.34. The van der Waals surface area contributed by atoms with Gasteiger partial charge in [0.25, 0.3) is 0 Å². The standard InChI is InChI=1S/C38H55N5O6/c1-4-28(25(2)3)21-34(44)32(20-27-13-9-6-10-14-27)41-36(46)33(22-30-23-39-24-40-30)42-35(45)29-15-17-43(18-16-29)37(47)31(38(48)49)19-26-11-7-5-8-12-26/h4-5,7-8,11-12,23-25,27-29,31-34,44H,1,6,9-10,13-22H2,2-3H3,(H,39,40)(H,41,46)(H,42,45)(H,48,49)/t28-,31?,32-,33-,34+/m0/s1. The predicted octanol–water partition coefficient (Wildman–Crippen LogP) is 4.28. The van der Waals surface area contributed by atoms with Crippen LogP contribution in [0.3, 0.4) is 0 Å². The van der Waals surface area contributed by atoms with Gasteiger partial charge in [0, 0.05) is 31.6 Å². The van der Waals surface area contributed by atoms with Gasteiger partial charge in [-0.25, -0.2) is 4.98 Å². The molecule has 1 aromatic carbocycles. The summed E-state index contributed by atoms with van der Waals surface area (Å²) in [5.41, 5.74) is 1.39. The molecule has 1 saturated heterocycles. The molecule has 0 spiro atoms. The highest BCUT2D eigenvalue weighted by Gasteiger charge is 2.36. The van der Waals surface area contributed by atoms with Crippen LogP contribution < -0.4 is 10.6 Å². The molecule has 1 aromatic heterocycles. The van der Waals surface area contributed by atoms with Gasteiger partial charge in [-0.05, 0) is 55.4 Å². The van der Waals surface area contributed by atoms with Gasteiger partial charge in [0.1, 0.15) is 12.0 Å². The molecular formula is C38H55N5O6. The Balaban J connectivity index is 1.41. The predicted molar refractivity (Wildman–Crippen MR) is 187 cm³/mol. The van der Waals surface area contributed by atoms with E-state index in [0.29, 0.717) is 43.2 Å². The first kappa shape index (κ1) is 37.8. The molecule has 2 aromatic rings. The zero-order valence-corrected chi connectivity index (χ0v) is 29.1. The van der Waals surface area contributed by atoms with Crippen LogP contribution in [0.5, 0.6) is 0 Å². The number of aliphatic hydroxyl groups is 1. The molecule has 2 heterocycles. The van der Waals surface area contributed by atoms with Crippen molar-refractivity contribution in [3.63, 3.8) is 0 Å². The second kappa shape index (κ2) is 18.7. The lowest BCUT2D eigenvalue weighted by atomic mass is 9.81. The van der Waals surface area contributed by atoms with Gasteiger partial charge in [-0.3, -0.25) is 19.2 Å². The number of nitrogens with one attached hydrogen (secondary N) is 3. The second-order valence-electron chi connectivity index (χ2n) is 14.3. The fourth-order valence-electron chi connectivity index (χ4n) is 7.28. The molecule has 4 rings (SSSR count). The van der Waals surface area contributed by atoms with Crippen molar-refractivity contribution in [3.8, 4) is 0 Å². The molecule has 49 heavy (non-hydrogen) atoms. The van der Waals surface area contributed by atoms with Crippen molar-refractivity contribution < 1.29 is 29.4 Å². The number of nitrogens with zero attached hydrogens (tertiary/aromatic N) is 2. The third-order valence-corrected chi connectivity index (χ3v) is 10.4. The van der Waals surface area contributed by atoms with Crippen molar-refractivity contribution >= 4 is 23.7 Å². The van der Waals surface area contributed by atoms with Crippen LogP contribution in [-0.2, 0) is 32.0 Å². The third-order valence-electron chi connectivity index (χ3n) is 10.4. The number of H-pyrrole nitrogens is 1. The first-order valence-corrected chi connectivity index (χ1v) is 18.0. The number of amides is 3. The maximum Gasteiger partial charge on any atom is 0.316 e. The van der Waals surface area contributed by atoms with Gasteiger partial charge in [-0.15, -0.1) is 6.58 Å². The molecule has 3 amide bonds. The van der Waals surface area contributed by atoms with Crippen LogP contribution in [0.15, 0.2) is 55.5 Å². The highest BCUT2D eigenvalue weighted by molar-refractivity contribution is 5.97. The maximum absolute atomic E-state index is 14.0. The first-order chi connectivity index (χ1) is 23.5. The number of carbonyl (C=O) groups is 4. The summed E-state index contributed by atoms with van der Waals surface area (Å²) in [6.07, 6.45) is 12.1. The van der Waals surface area contributed by atoms with E-state index >= 15 is 0 Å². The van der Waals surface area contributed by atoms with E-state index in [0.717, 1.165) is 31.2 Å². The molecule has 1 aliphatic heterocycles. The van der Waals surface area contributed by atoms with Crippen LogP contribution >= 0.6 is 0 Å². The van der Waals surface area contributed by atoms with E-state index in [1.54, 1.807) is 18.3 Å². The van der Waals surface area contributed by atoms with E-state index in [2.05, 4.69) is 41.0 Å². The zero-order chi connectivity index (χ0) is 35.3. The van der Waals surface area contributed by atoms with Gasteiger partial charge in [0.05, 0.1) is 24.2 Å². The van der Waals surface area contributed by atoms with E-state index in [-0.39, 0.29) is 43.7 Å². The maximum atomic E-state index is 14.0. The molecule has 1 aliphatic carbocycles. The van der Waals surface area contributed by atoms with Crippen molar-refractivity contribution in [2.75, 3.05) is 13.1 Å².